The number of primary amides is 1. The van der Waals surface area contributed by atoms with Crippen molar-refractivity contribution in [1.29, 1.82) is 0 Å². The molecule has 7 heteroatoms. The smallest absolute Gasteiger partial charge is 0.305 e. The van der Waals surface area contributed by atoms with Gasteiger partial charge in [-0.1, -0.05) is 0 Å². The number of ether oxygens (including phenoxy) is 1. The fourth-order valence-corrected chi connectivity index (χ4v) is 2.33. The summed E-state index contributed by atoms with van der Waals surface area (Å²) in [6, 6.07) is 6.17. The molecule has 0 saturated carbocycles. The van der Waals surface area contributed by atoms with Crippen molar-refractivity contribution in [3.8, 4) is 0 Å². The first-order chi connectivity index (χ1) is 10.5. The van der Waals surface area contributed by atoms with E-state index in [1.54, 1.807) is 12.1 Å². The number of anilines is 1. The Morgan fingerprint density at radius 2 is 1.95 bits per heavy atom. The first kappa shape index (κ1) is 16.0. The monoisotopic (exact) mass is 306 g/mol. The summed E-state index contributed by atoms with van der Waals surface area (Å²) in [5.41, 5.74) is 6.03. The van der Waals surface area contributed by atoms with Crippen molar-refractivity contribution in [3.63, 3.8) is 0 Å². The number of benzene rings is 1. The lowest BCUT2D eigenvalue weighted by molar-refractivity contribution is -0.136. The minimum Gasteiger partial charge on any atom is -0.481 e. The van der Waals surface area contributed by atoms with Gasteiger partial charge in [0, 0.05) is 24.4 Å². The van der Waals surface area contributed by atoms with Crippen LogP contribution >= 0.6 is 0 Å². The molecule has 2 rings (SSSR count). The molecule has 1 aliphatic rings. The van der Waals surface area contributed by atoms with E-state index in [0.717, 1.165) is 6.42 Å². The first-order valence-corrected chi connectivity index (χ1v) is 7.03. The molecule has 7 nitrogen and oxygen atoms in total. The molecule has 0 bridgehead atoms. The van der Waals surface area contributed by atoms with Crippen molar-refractivity contribution < 1.29 is 24.2 Å². The molecule has 1 saturated heterocycles. The third kappa shape index (κ3) is 3.82. The van der Waals surface area contributed by atoms with Crippen LogP contribution in [0.15, 0.2) is 24.3 Å². The molecule has 0 aromatic heterocycles. The van der Waals surface area contributed by atoms with Crippen molar-refractivity contribution in [2.24, 2.45) is 5.73 Å². The predicted octanol–water partition coefficient (Wildman–Crippen LogP) is 0.772. The number of hydrogen-bond donors (Lipinski definition) is 2. The fourth-order valence-electron chi connectivity index (χ4n) is 2.33. The van der Waals surface area contributed by atoms with E-state index >= 15 is 0 Å². The van der Waals surface area contributed by atoms with Gasteiger partial charge in [-0.3, -0.25) is 14.4 Å². The number of rotatable bonds is 6. The maximum Gasteiger partial charge on any atom is 0.305 e. The topological polar surface area (TPSA) is 110 Å². The molecule has 0 spiro atoms. The predicted molar refractivity (Wildman–Crippen MR) is 78.5 cm³/mol. The quantitative estimate of drug-likeness (QED) is 0.806. The number of aliphatic carboxylic acids is 1. The highest BCUT2D eigenvalue weighted by Gasteiger charge is 2.29. The zero-order chi connectivity index (χ0) is 16.1. The van der Waals surface area contributed by atoms with Gasteiger partial charge in [0.15, 0.2) is 0 Å². The normalized spacial score (nSPS) is 17.2. The number of carboxylic acid groups (broad SMARTS) is 1. The van der Waals surface area contributed by atoms with Gasteiger partial charge in [-0.2, -0.15) is 0 Å². The Morgan fingerprint density at radius 3 is 2.45 bits per heavy atom. The average molecular weight is 306 g/mol. The number of nitrogens with two attached hydrogens (primary N) is 1. The van der Waals surface area contributed by atoms with E-state index in [2.05, 4.69) is 0 Å². The highest BCUT2D eigenvalue weighted by molar-refractivity contribution is 5.98. The second kappa shape index (κ2) is 7.04. The molecule has 1 aromatic carbocycles. The Morgan fingerprint density at radius 1 is 1.27 bits per heavy atom. The van der Waals surface area contributed by atoms with E-state index in [1.807, 2.05) is 0 Å². The van der Waals surface area contributed by atoms with Gasteiger partial charge in [-0.15, -0.1) is 0 Å². The van der Waals surface area contributed by atoms with E-state index in [9.17, 15) is 14.4 Å². The molecule has 1 aromatic rings. The van der Waals surface area contributed by atoms with E-state index in [4.69, 9.17) is 15.6 Å². The highest BCUT2D eigenvalue weighted by Crippen LogP contribution is 2.21. The number of amides is 2. The van der Waals surface area contributed by atoms with Crippen LogP contribution in [-0.2, 0) is 14.3 Å². The molecular formula is C15H18N2O5. The minimum atomic E-state index is -0.987. The largest absolute Gasteiger partial charge is 0.481 e. The Bertz CT molecular complexity index is 564. The Balaban J connectivity index is 2.20. The van der Waals surface area contributed by atoms with Gasteiger partial charge in [0.05, 0.1) is 6.42 Å². The summed E-state index contributed by atoms with van der Waals surface area (Å²) < 4.78 is 5.37. The second-order valence-corrected chi connectivity index (χ2v) is 5.05. The molecule has 0 aliphatic carbocycles. The van der Waals surface area contributed by atoms with Gasteiger partial charge < -0.3 is 20.5 Å². The van der Waals surface area contributed by atoms with E-state index in [1.165, 1.54) is 17.0 Å². The van der Waals surface area contributed by atoms with E-state index in [0.29, 0.717) is 24.3 Å². The van der Waals surface area contributed by atoms with Crippen LogP contribution in [0.2, 0.25) is 0 Å². The summed E-state index contributed by atoms with van der Waals surface area (Å²) in [6.07, 6.45) is 0.728. The highest BCUT2D eigenvalue weighted by atomic mass is 16.5. The molecule has 1 atom stereocenters. The average Bonchev–Trinajstić information content (AvgIpc) is 3.01. The minimum absolute atomic E-state index is 0.0456. The van der Waals surface area contributed by atoms with Crippen LogP contribution in [0, 0.1) is 0 Å². The zero-order valence-corrected chi connectivity index (χ0v) is 12.0. The molecule has 0 radical (unpaired) electrons. The number of carbonyl (C=O) groups is 3. The number of carbonyl (C=O) groups excluding carboxylic acids is 2. The molecular weight excluding hydrogens is 288 g/mol. The lowest BCUT2D eigenvalue weighted by Crippen LogP contribution is -2.40. The second-order valence-electron chi connectivity index (χ2n) is 5.05. The van der Waals surface area contributed by atoms with Gasteiger partial charge in [-0.25, -0.2) is 0 Å². The van der Waals surface area contributed by atoms with Crippen molar-refractivity contribution in [3.05, 3.63) is 29.8 Å². The van der Waals surface area contributed by atoms with Crippen LogP contribution in [0.25, 0.3) is 0 Å². The Hall–Kier alpha value is -2.41. The lowest BCUT2D eigenvalue weighted by Gasteiger charge is -2.25. The zero-order valence-electron chi connectivity index (χ0n) is 12.0. The molecule has 1 unspecified atom stereocenters. The van der Waals surface area contributed by atoms with Crippen molar-refractivity contribution >= 4 is 23.5 Å². The van der Waals surface area contributed by atoms with Crippen LogP contribution in [0.5, 0.6) is 0 Å². The lowest BCUT2D eigenvalue weighted by atomic mass is 10.1. The number of carboxylic acids is 1. The molecule has 1 heterocycles. The molecule has 2 amide bonds. The summed E-state index contributed by atoms with van der Waals surface area (Å²) in [5.74, 6) is -1.81. The maximum absolute atomic E-state index is 12.5. The van der Waals surface area contributed by atoms with Crippen LogP contribution in [0.4, 0.5) is 5.69 Å². The number of hydrogen-bond acceptors (Lipinski definition) is 4. The Kier molecular flexibility index (Phi) is 5.11. The Labute approximate surface area is 127 Å². The van der Waals surface area contributed by atoms with Gasteiger partial charge >= 0.3 is 5.97 Å². The first-order valence-electron chi connectivity index (χ1n) is 7.03. The fraction of sp³-hybridized carbons (Fsp3) is 0.400. The third-order valence-electron chi connectivity index (χ3n) is 3.48. The van der Waals surface area contributed by atoms with Crippen LogP contribution in [0.1, 0.15) is 29.6 Å². The van der Waals surface area contributed by atoms with Crippen molar-refractivity contribution in [2.45, 2.75) is 25.4 Å². The van der Waals surface area contributed by atoms with Crippen molar-refractivity contribution in [1.82, 2.24) is 0 Å². The van der Waals surface area contributed by atoms with Crippen LogP contribution in [0.3, 0.4) is 0 Å². The molecule has 1 aliphatic heterocycles. The van der Waals surface area contributed by atoms with Crippen molar-refractivity contribution in [2.75, 3.05) is 18.1 Å². The SMILES string of the molecule is NC(=O)c1ccc(N(CCC(=O)O)C(=O)C2CCCO2)cc1. The molecule has 22 heavy (non-hydrogen) atoms. The van der Waals surface area contributed by atoms with E-state index in [-0.39, 0.29) is 18.9 Å². The standard InChI is InChI=1S/C15H18N2O5/c16-14(20)10-3-5-11(6-4-10)17(8-7-13(18)19)15(21)12-2-1-9-22-12/h3-6,12H,1-2,7-9H2,(H2,16,20)(H,18,19). The summed E-state index contributed by atoms with van der Waals surface area (Å²) in [6.45, 7) is 0.577. The molecule has 3 N–H and O–H groups in total. The third-order valence-corrected chi connectivity index (χ3v) is 3.48. The molecule has 118 valence electrons. The van der Waals surface area contributed by atoms with Crippen LogP contribution in [-0.4, -0.2) is 42.1 Å². The molecule has 1 fully saturated rings. The maximum atomic E-state index is 12.5. The summed E-state index contributed by atoms with van der Waals surface area (Å²) in [7, 11) is 0. The van der Waals surface area contributed by atoms with Crippen LogP contribution < -0.4 is 10.6 Å². The van der Waals surface area contributed by atoms with E-state index < -0.39 is 18.0 Å². The summed E-state index contributed by atoms with van der Waals surface area (Å²) in [5, 5.41) is 8.84. The summed E-state index contributed by atoms with van der Waals surface area (Å²) in [4.78, 5) is 35.8. The summed E-state index contributed by atoms with van der Waals surface area (Å²) >= 11 is 0. The van der Waals surface area contributed by atoms with Gasteiger partial charge in [0.2, 0.25) is 5.91 Å². The van der Waals surface area contributed by atoms with Gasteiger partial charge in [-0.05, 0) is 37.1 Å². The number of nitrogens with zero attached hydrogens (tertiary/aromatic N) is 1. The van der Waals surface area contributed by atoms with Gasteiger partial charge in [0.25, 0.3) is 5.91 Å². The van der Waals surface area contributed by atoms with Gasteiger partial charge in [0.1, 0.15) is 6.10 Å².